The molecule has 0 aliphatic heterocycles. The number of ether oxygens (including phenoxy) is 1. The molecule has 1 aromatic heterocycles. The Morgan fingerprint density at radius 2 is 2.00 bits per heavy atom. The number of aryl methyl sites for hydroxylation is 2. The van der Waals surface area contributed by atoms with Gasteiger partial charge in [0.2, 0.25) is 0 Å². The van der Waals surface area contributed by atoms with Crippen molar-refractivity contribution in [3.8, 4) is 5.75 Å². The van der Waals surface area contributed by atoms with Gasteiger partial charge in [0, 0.05) is 10.6 Å². The molecule has 1 aliphatic rings. The summed E-state index contributed by atoms with van der Waals surface area (Å²) in [6.07, 6.45) is 2.67. The Hall–Kier alpha value is -2.26. The zero-order valence-corrected chi connectivity index (χ0v) is 14.2. The van der Waals surface area contributed by atoms with Gasteiger partial charge < -0.3 is 9.15 Å². The lowest BCUT2D eigenvalue weighted by atomic mass is 10.0. The van der Waals surface area contributed by atoms with Crippen LogP contribution < -0.4 is 10.4 Å². The molecular formula is C20H17ClO3. The van der Waals surface area contributed by atoms with E-state index in [1.807, 2.05) is 43.3 Å². The molecule has 0 saturated heterocycles. The lowest BCUT2D eigenvalue weighted by Crippen LogP contribution is -2.08. The molecule has 24 heavy (non-hydrogen) atoms. The molecule has 122 valence electrons. The summed E-state index contributed by atoms with van der Waals surface area (Å²) in [6, 6.07) is 11.5. The van der Waals surface area contributed by atoms with Crippen LogP contribution in [-0.4, -0.2) is 0 Å². The number of benzene rings is 2. The van der Waals surface area contributed by atoms with E-state index in [9.17, 15) is 4.79 Å². The standard InChI is InChI=1S/C20H17ClO3/c1-12-8-17(23-11-13-4-2-5-14(21)10-13)19-15-6-3-7-16(15)20(22)24-18(19)9-12/h2,4-5,8-10H,3,6-7,11H2,1H3. The van der Waals surface area contributed by atoms with Gasteiger partial charge in [0.1, 0.15) is 17.9 Å². The molecule has 1 heterocycles. The molecular weight excluding hydrogens is 324 g/mol. The molecule has 3 nitrogen and oxygen atoms in total. The molecule has 2 aromatic carbocycles. The first kappa shape index (κ1) is 15.3. The van der Waals surface area contributed by atoms with Crippen LogP contribution in [0.3, 0.4) is 0 Å². The summed E-state index contributed by atoms with van der Waals surface area (Å²) in [4.78, 5) is 12.1. The fraction of sp³-hybridized carbons (Fsp3) is 0.250. The Balaban J connectivity index is 1.80. The number of rotatable bonds is 3. The number of hydrogen-bond donors (Lipinski definition) is 0. The van der Waals surface area contributed by atoms with Crippen molar-refractivity contribution in [3.05, 3.63) is 74.1 Å². The smallest absolute Gasteiger partial charge is 0.339 e. The van der Waals surface area contributed by atoms with Gasteiger partial charge >= 0.3 is 5.63 Å². The first-order valence-electron chi connectivity index (χ1n) is 8.08. The van der Waals surface area contributed by atoms with Crippen LogP contribution in [0.4, 0.5) is 0 Å². The maximum Gasteiger partial charge on any atom is 0.339 e. The van der Waals surface area contributed by atoms with Crippen LogP contribution in [0, 0.1) is 6.92 Å². The molecule has 0 saturated carbocycles. The maximum atomic E-state index is 12.1. The highest BCUT2D eigenvalue weighted by Gasteiger charge is 2.22. The summed E-state index contributed by atoms with van der Waals surface area (Å²) in [6.45, 7) is 2.39. The fourth-order valence-corrected chi connectivity index (χ4v) is 3.62. The third kappa shape index (κ3) is 2.69. The van der Waals surface area contributed by atoms with Crippen LogP contribution in [0.25, 0.3) is 11.0 Å². The van der Waals surface area contributed by atoms with Crippen molar-refractivity contribution in [2.75, 3.05) is 0 Å². The van der Waals surface area contributed by atoms with Gasteiger partial charge in [-0.3, -0.25) is 0 Å². The Labute approximate surface area is 144 Å². The molecule has 0 radical (unpaired) electrons. The third-order valence-electron chi connectivity index (χ3n) is 4.46. The monoisotopic (exact) mass is 340 g/mol. The van der Waals surface area contributed by atoms with Crippen molar-refractivity contribution < 1.29 is 9.15 Å². The van der Waals surface area contributed by atoms with Gasteiger partial charge in [-0.05, 0) is 67.1 Å². The molecule has 0 fully saturated rings. The summed E-state index contributed by atoms with van der Waals surface area (Å²) in [5.74, 6) is 0.770. The van der Waals surface area contributed by atoms with E-state index in [4.69, 9.17) is 20.8 Å². The minimum Gasteiger partial charge on any atom is -0.488 e. The Morgan fingerprint density at radius 1 is 1.17 bits per heavy atom. The van der Waals surface area contributed by atoms with Crippen LogP contribution in [0.5, 0.6) is 5.75 Å². The number of fused-ring (bicyclic) bond motifs is 3. The van der Waals surface area contributed by atoms with Crippen LogP contribution in [0.15, 0.2) is 45.6 Å². The summed E-state index contributed by atoms with van der Waals surface area (Å²) in [7, 11) is 0. The van der Waals surface area contributed by atoms with Crippen molar-refractivity contribution in [1.82, 2.24) is 0 Å². The third-order valence-corrected chi connectivity index (χ3v) is 4.70. The highest BCUT2D eigenvalue weighted by molar-refractivity contribution is 6.30. The lowest BCUT2D eigenvalue weighted by Gasteiger charge is -2.13. The van der Waals surface area contributed by atoms with Gasteiger partial charge in [0.25, 0.3) is 0 Å². The molecule has 1 aliphatic carbocycles. The van der Waals surface area contributed by atoms with Gasteiger partial charge in [0.15, 0.2) is 0 Å². The van der Waals surface area contributed by atoms with Gasteiger partial charge in [0.05, 0.1) is 5.39 Å². The minimum atomic E-state index is -0.207. The van der Waals surface area contributed by atoms with Crippen molar-refractivity contribution in [2.24, 2.45) is 0 Å². The Bertz CT molecular complexity index is 988. The summed E-state index contributed by atoms with van der Waals surface area (Å²) >= 11 is 6.04. The fourth-order valence-electron chi connectivity index (χ4n) is 3.41. The molecule has 0 spiro atoms. The highest BCUT2D eigenvalue weighted by atomic mass is 35.5. The minimum absolute atomic E-state index is 0.207. The number of hydrogen-bond acceptors (Lipinski definition) is 3. The van der Waals surface area contributed by atoms with Crippen LogP contribution in [-0.2, 0) is 19.4 Å². The average Bonchev–Trinajstić information content (AvgIpc) is 3.02. The predicted octanol–water partition coefficient (Wildman–Crippen LogP) is 4.82. The number of halogens is 1. The SMILES string of the molecule is Cc1cc(OCc2cccc(Cl)c2)c2c3c(c(=O)oc2c1)CCC3. The topological polar surface area (TPSA) is 39.4 Å². The van der Waals surface area contributed by atoms with E-state index in [-0.39, 0.29) is 5.63 Å². The molecule has 4 rings (SSSR count). The molecule has 0 amide bonds. The van der Waals surface area contributed by atoms with E-state index in [1.165, 1.54) is 0 Å². The first-order chi connectivity index (χ1) is 11.6. The van der Waals surface area contributed by atoms with Crippen LogP contribution in [0.2, 0.25) is 5.02 Å². The predicted molar refractivity (Wildman–Crippen MR) is 95.0 cm³/mol. The second-order valence-electron chi connectivity index (χ2n) is 6.25. The summed E-state index contributed by atoms with van der Waals surface area (Å²) in [5.41, 5.74) is 4.31. The summed E-state index contributed by atoms with van der Waals surface area (Å²) < 4.78 is 11.6. The van der Waals surface area contributed by atoms with Crippen molar-refractivity contribution in [1.29, 1.82) is 0 Å². The second-order valence-corrected chi connectivity index (χ2v) is 6.69. The van der Waals surface area contributed by atoms with Crippen LogP contribution >= 0.6 is 11.6 Å². The zero-order chi connectivity index (χ0) is 16.7. The maximum absolute atomic E-state index is 12.1. The van der Waals surface area contributed by atoms with E-state index < -0.39 is 0 Å². The van der Waals surface area contributed by atoms with E-state index in [0.717, 1.165) is 52.7 Å². The van der Waals surface area contributed by atoms with Crippen molar-refractivity contribution in [3.63, 3.8) is 0 Å². The molecule has 0 bridgehead atoms. The largest absolute Gasteiger partial charge is 0.488 e. The Kier molecular flexibility index (Phi) is 3.81. The lowest BCUT2D eigenvalue weighted by molar-refractivity contribution is 0.309. The van der Waals surface area contributed by atoms with Gasteiger partial charge in [-0.2, -0.15) is 0 Å². The first-order valence-corrected chi connectivity index (χ1v) is 8.46. The molecule has 3 aromatic rings. The van der Waals surface area contributed by atoms with E-state index in [0.29, 0.717) is 17.2 Å². The highest BCUT2D eigenvalue weighted by Crippen LogP contribution is 2.35. The van der Waals surface area contributed by atoms with E-state index in [1.54, 1.807) is 0 Å². The molecule has 4 heteroatoms. The molecule has 0 unspecified atom stereocenters. The van der Waals surface area contributed by atoms with Gasteiger partial charge in [-0.25, -0.2) is 4.79 Å². The van der Waals surface area contributed by atoms with E-state index >= 15 is 0 Å². The van der Waals surface area contributed by atoms with Gasteiger partial charge in [-0.1, -0.05) is 23.7 Å². The Morgan fingerprint density at radius 3 is 2.83 bits per heavy atom. The van der Waals surface area contributed by atoms with Gasteiger partial charge in [-0.15, -0.1) is 0 Å². The van der Waals surface area contributed by atoms with Crippen molar-refractivity contribution in [2.45, 2.75) is 32.8 Å². The quantitative estimate of drug-likeness (QED) is 0.641. The van der Waals surface area contributed by atoms with E-state index in [2.05, 4.69) is 0 Å². The average molecular weight is 341 g/mol. The summed E-state index contributed by atoms with van der Waals surface area (Å²) in [5, 5.41) is 1.63. The van der Waals surface area contributed by atoms with Crippen LogP contribution in [0.1, 0.15) is 28.7 Å². The molecule has 0 atom stereocenters. The van der Waals surface area contributed by atoms with Crippen molar-refractivity contribution >= 4 is 22.6 Å². The normalized spacial score (nSPS) is 13.2. The second kappa shape index (κ2) is 5.99. The zero-order valence-electron chi connectivity index (χ0n) is 13.4. The molecule has 0 N–H and O–H groups in total.